The topological polar surface area (TPSA) is 29.9 Å². The molecule has 0 aliphatic heterocycles. The van der Waals surface area contributed by atoms with Crippen LogP contribution in [0.1, 0.15) is 19.5 Å². The van der Waals surface area contributed by atoms with Gasteiger partial charge < -0.3 is 5.32 Å². The predicted octanol–water partition coefficient (Wildman–Crippen LogP) is 3.90. The van der Waals surface area contributed by atoms with Crippen molar-refractivity contribution in [2.75, 3.05) is 5.32 Å². The van der Waals surface area contributed by atoms with E-state index in [0.717, 1.165) is 17.3 Å². The molecular formula is C13H15BrFN3. The molecule has 5 heteroatoms. The smallest absolute Gasteiger partial charge is 0.207 e. The Hall–Kier alpha value is -1.36. The van der Waals surface area contributed by atoms with Crippen molar-refractivity contribution < 1.29 is 4.39 Å². The fourth-order valence-electron chi connectivity index (χ4n) is 1.69. The van der Waals surface area contributed by atoms with Gasteiger partial charge in [-0.3, -0.25) is 4.57 Å². The molecule has 3 nitrogen and oxygen atoms in total. The molecule has 18 heavy (non-hydrogen) atoms. The first-order valence-electron chi connectivity index (χ1n) is 5.75. The molecule has 1 aromatic heterocycles. The Labute approximate surface area is 114 Å². The summed E-state index contributed by atoms with van der Waals surface area (Å²) in [5, 5.41) is 3.27. The van der Waals surface area contributed by atoms with Crippen LogP contribution in [-0.2, 0) is 0 Å². The molecule has 0 spiro atoms. The van der Waals surface area contributed by atoms with E-state index >= 15 is 0 Å². The number of aromatic nitrogens is 2. The van der Waals surface area contributed by atoms with Gasteiger partial charge in [0.05, 0.1) is 10.2 Å². The second-order valence-electron chi connectivity index (χ2n) is 4.47. The normalized spacial score (nSPS) is 11.0. The highest BCUT2D eigenvalue weighted by Gasteiger charge is 2.10. The molecule has 0 aliphatic carbocycles. The Morgan fingerprint density at radius 3 is 2.72 bits per heavy atom. The number of imidazole rings is 1. The third-order valence-corrected chi connectivity index (χ3v) is 3.03. The van der Waals surface area contributed by atoms with Crippen LogP contribution < -0.4 is 5.32 Å². The number of rotatable bonds is 3. The van der Waals surface area contributed by atoms with Crippen LogP contribution in [0.15, 0.2) is 28.9 Å². The molecular weight excluding hydrogens is 297 g/mol. The van der Waals surface area contributed by atoms with Crippen LogP contribution in [0.2, 0.25) is 0 Å². The molecule has 2 rings (SSSR count). The molecule has 1 heterocycles. The average Bonchev–Trinajstić information content (AvgIpc) is 2.62. The predicted molar refractivity (Wildman–Crippen MR) is 74.7 cm³/mol. The van der Waals surface area contributed by atoms with E-state index in [1.54, 1.807) is 12.1 Å². The minimum absolute atomic E-state index is 0.269. The molecule has 0 saturated heterocycles. The monoisotopic (exact) mass is 311 g/mol. The maximum atomic E-state index is 13.2. The number of nitrogens with one attached hydrogen (secondary N) is 1. The molecule has 96 valence electrons. The number of hydrogen-bond acceptors (Lipinski definition) is 2. The Kier molecular flexibility index (Phi) is 3.71. The number of benzene rings is 1. The summed E-state index contributed by atoms with van der Waals surface area (Å²) in [6, 6.07) is 5.19. The van der Waals surface area contributed by atoms with Crippen molar-refractivity contribution in [3.8, 4) is 5.69 Å². The number of hydrogen-bond donors (Lipinski definition) is 1. The van der Waals surface area contributed by atoms with Gasteiger partial charge in [-0.1, -0.05) is 0 Å². The first-order chi connectivity index (χ1) is 8.47. The fraction of sp³-hybridized carbons (Fsp3) is 0.308. The van der Waals surface area contributed by atoms with Gasteiger partial charge >= 0.3 is 0 Å². The first kappa shape index (κ1) is 13.1. The van der Waals surface area contributed by atoms with Gasteiger partial charge in [0.1, 0.15) is 5.82 Å². The van der Waals surface area contributed by atoms with Gasteiger partial charge in [-0.2, -0.15) is 0 Å². The van der Waals surface area contributed by atoms with Gasteiger partial charge in [-0.25, -0.2) is 9.37 Å². The van der Waals surface area contributed by atoms with Gasteiger partial charge in [0.25, 0.3) is 0 Å². The van der Waals surface area contributed by atoms with Crippen LogP contribution in [0.25, 0.3) is 5.69 Å². The fourth-order valence-corrected chi connectivity index (χ4v) is 2.06. The zero-order valence-corrected chi connectivity index (χ0v) is 12.1. The van der Waals surface area contributed by atoms with Gasteiger partial charge in [0.15, 0.2) is 0 Å². The van der Waals surface area contributed by atoms with Crippen molar-refractivity contribution in [1.82, 2.24) is 9.55 Å². The first-order valence-corrected chi connectivity index (χ1v) is 6.54. The molecule has 0 aliphatic rings. The second-order valence-corrected chi connectivity index (χ2v) is 5.33. The summed E-state index contributed by atoms with van der Waals surface area (Å²) in [6.45, 7) is 6.03. The lowest BCUT2D eigenvalue weighted by Gasteiger charge is -2.12. The van der Waals surface area contributed by atoms with Crippen LogP contribution >= 0.6 is 15.9 Å². The van der Waals surface area contributed by atoms with E-state index in [0.29, 0.717) is 4.47 Å². The summed E-state index contributed by atoms with van der Waals surface area (Å²) in [5.41, 5.74) is 1.78. The lowest BCUT2D eigenvalue weighted by molar-refractivity contribution is 0.620. The summed E-state index contributed by atoms with van der Waals surface area (Å²) < 4.78 is 15.6. The van der Waals surface area contributed by atoms with E-state index in [1.807, 2.05) is 17.7 Å². The summed E-state index contributed by atoms with van der Waals surface area (Å²) >= 11 is 3.20. The molecule has 2 aromatic rings. The Morgan fingerprint density at radius 2 is 2.11 bits per heavy atom. The third-order valence-electron chi connectivity index (χ3n) is 2.43. The van der Waals surface area contributed by atoms with Crippen molar-refractivity contribution in [1.29, 1.82) is 0 Å². The quantitative estimate of drug-likeness (QED) is 0.931. The third kappa shape index (κ3) is 2.72. The van der Waals surface area contributed by atoms with E-state index in [1.165, 1.54) is 6.07 Å². The number of nitrogens with zero attached hydrogens (tertiary/aromatic N) is 2. The Balaban J connectivity index is 2.45. The van der Waals surface area contributed by atoms with Crippen LogP contribution in [0.3, 0.4) is 0 Å². The summed E-state index contributed by atoms with van der Waals surface area (Å²) in [6.07, 6.45) is 1.92. The van der Waals surface area contributed by atoms with E-state index in [4.69, 9.17) is 0 Å². The van der Waals surface area contributed by atoms with Gasteiger partial charge in [-0.15, -0.1) is 0 Å². The summed E-state index contributed by atoms with van der Waals surface area (Å²) in [4.78, 5) is 4.42. The molecule has 0 saturated carbocycles. The standard InChI is InChI=1S/C13H15BrFN3/c1-8(2)16-13-17-9(3)7-18(13)10-4-5-12(15)11(14)6-10/h4-8H,1-3H3,(H,16,17). The highest BCUT2D eigenvalue weighted by Crippen LogP contribution is 2.23. The van der Waals surface area contributed by atoms with Gasteiger partial charge in [0, 0.05) is 17.9 Å². The Bertz CT molecular complexity index is 563. The highest BCUT2D eigenvalue weighted by atomic mass is 79.9. The molecule has 1 aromatic carbocycles. The average molecular weight is 312 g/mol. The lowest BCUT2D eigenvalue weighted by Crippen LogP contribution is -2.13. The van der Waals surface area contributed by atoms with E-state index in [2.05, 4.69) is 40.1 Å². The van der Waals surface area contributed by atoms with Crippen molar-refractivity contribution in [2.24, 2.45) is 0 Å². The molecule has 0 radical (unpaired) electrons. The second kappa shape index (κ2) is 5.10. The van der Waals surface area contributed by atoms with Crippen molar-refractivity contribution in [3.05, 3.63) is 40.4 Å². The number of aryl methyl sites for hydroxylation is 1. The minimum Gasteiger partial charge on any atom is -0.353 e. The summed E-state index contributed by atoms with van der Waals surface area (Å²) in [7, 11) is 0. The van der Waals surface area contributed by atoms with Crippen LogP contribution in [-0.4, -0.2) is 15.6 Å². The van der Waals surface area contributed by atoms with Crippen molar-refractivity contribution >= 4 is 21.9 Å². The Morgan fingerprint density at radius 1 is 1.39 bits per heavy atom. The number of halogens is 2. The SMILES string of the molecule is Cc1cn(-c2ccc(F)c(Br)c2)c(NC(C)C)n1. The van der Waals surface area contributed by atoms with E-state index < -0.39 is 0 Å². The van der Waals surface area contributed by atoms with Crippen LogP contribution in [0, 0.1) is 12.7 Å². The molecule has 1 N–H and O–H groups in total. The largest absolute Gasteiger partial charge is 0.353 e. The molecule has 0 amide bonds. The molecule has 0 atom stereocenters. The zero-order chi connectivity index (χ0) is 13.3. The van der Waals surface area contributed by atoms with Crippen molar-refractivity contribution in [2.45, 2.75) is 26.8 Å². The highest BCUT2D eigenvalue weighted by molar-refractivity contribution is 9.10. The van der Waals surface area contributed by atoms with Gasteiger partial charge in [0.2, 0.25) is 5.95 Å². The van der Waals surface area contributed by atoms with Gasteiger partial charge in [-0.05, 0) is 54.9 Å². The maximum Gasteiger partial charge on any atom is 0.207 e. The van der Waals surface area contributed by atoms with Crippen molar-refractivity contribution in [3.63, 3.8) is 0 Å². The molecule has 0 unspecified atom stereocenters. The number of anilines is 1. The van der Waals surface area contributed by atoms with Crippen LogP contribution in [0.5, 0.6) is 0 Å². The van der Waals surface area contributed by atoms with E-state index in [-0.39, 0.29) is 11.9 Å². The summed E-state index contributed by atoms with van der Waals surface area (Å²) in [5.74, 6) is 0.495. The van der Waals surface area contributed by atoms with E-state index in [9.17, 15) is 4.39 Å². The lowest BCUT2D eigenvalue weighted by atomic mass is 10.3. The minimum atomic E-state index is -0.269. The maximum absolute atomic E-state index is 13.2. The van der Waals surface area contributed by atoms with Crippen LogP contribution in [0.4, 0.5) is 10.3 Å². The zero-order valence-electron chi connectivity index (χ0n) is 10.5. The molecule has 0 fully saturated rings. The molecule has 0 bridgehead atoms.